The molecule has 0 spiro atoms. The predicted molar refractivity (Wildman–Crippen MR) is 75.2 cm³/mol. The zero-order chi connectivity index (χ0) is 14.9. The minimum Gasteiger partial charge on any atom is -0.396 e. The average molecular weight is 317 g/mol. The lowest BCUT2D eigenvalue weighted by molar-refractivity contribution is 0.102. The quantitative estimate of drug-likeness (QED) is 0.819. The maximum Gasteiger partial charge on any atom is 0.258 e. The normalized spacial score (nSPS) is 10.4. The molecule has 20 heavy (non-hydrogen) atoms. The van der Waals surface area contributed by atoms with Gasteiger partial charge in [-0.2, -0.15) is 0 Å². The zero-order valence-electron chi connectivity index (χ0n) is 9.88. The number of carbonyl (C=O) groups excluding carboxylic acids is 1. The molecule has 0 saturated carbocycles. The molecule has 104 valence electrons. The number of amides is 1. The van der Waals surface area contributed by atoms with Crippen LogP contribution in [0.1, 0.15) is 10.4 Å². The maximum absolute atomic E-state index is 13.6. The second-order valence-corrected chi connectivity index (χ2v) is 4.72. The summed E-state index contributed by atoms with van der Waals surface area (Å²) in [6.07, 6.45) is 0. The summed E-state index contributed by atoms with van der Waals surface area (Å²) in [5, 5.41) is 2.75. The first kappa shape index (κ1) is 14.6. The van der Waals surface area contributed by atoms with Gasteiger partial charge in [0, 0.05) is 6.07 Å². The molecule has 3 N–H and O–H groups in total. The van der Waals surface area contributed by atoms with Crippen LogP contribution in [0.15, 0.2) is 30.3 Å². The Morgan fingerprint density at radius 3 is 2.30 bits per heavy atom. The van der Waals surface area contributed by atoms with E-state index in [2.05, 4.69) is 5.32 Å². The van der Waals surface area contributed by atoms with Gasteiger partial charge >= 0.3 is 0 Å². The van der Waals surface area contributed by atoms with Gasteiger partial charge in [0.05, 0.1) is 27.0 Å². The van der Waals surface area contributed by atoms with E-state index in [0.717, 1.165) is 6.07 Å². The number of nitrogen functional groups attached to an aromatic ring is 1. The van der Waals surface area contributed by atoms with Gasteiger partial charge in [-0.25, -0.2) is 8.78 Å². The maximum atomic E-state index is 13.6. The number of nitrogens with one attached hydrogen (secondary N) is 1. The van der Waals surface area contributed by atoms with Crippen LogP contribution in [-0.4, -0.2) is 5.91 Å². The molecule has 0 aliphatic heterocycles. The smallest absolute Gasteiger partial charge is 0.258 e. The lowest BCUT2D eigenvalue weighted by Crippen LogP contribution is -2.15. The van der Waals surface area contributed by atoms with Crippen LogP contribution in [0.4, 0.5) is 20.2 Å². The number of benzene rings is 2. The van der Waals surface area contributed by atoms with Crippen LogP contribution in [0, 0.1) is 11.6 Å². The first-order valence-electron chi connectivity index (χ1n) is 5.40. The number of para-hydroxylation sites is 1. The van der Waals surface area contributed by atoms with Crippen molar-refractivity contribution in [2.24, 2.45) is 0 Å². The summed E-state index contributed by atoms with van der Waals surface area (Å²) in [5.41, 5.74) is 4.71. The molecule has 0 bridgehead atoms. The van der Waals surface area contributed by atoms with Crippen molar-refractivity contribution in [3.63, 3.8) is 0 Å². The molecule has 2 rings (SSSR count). The van der Waals surface area contributed by atoms with Gasteiger partial charge in [-0.05, 0) is 18.2 Å². The van der Waals surface area contributed by atoms with E-state index in [1.165, 1.54) is 12.1 Å². The largest absolute Gasteiger partial charge is 0.396 e. The van der Waals surface area contributed by atoms with Crippen LogP contribution in [0.3, 0.4) is 0 Å². The van der Waals surface area contributed by atoms with Crippen LogP contribution < -0.4 is 11.1 Å². The van der Waals surface area contributed by atoms with Gasteiger partial charge in [0.15, 0.2) is 0 Å². The van der Waals surface area contributed by atoms with E-state index >= 15 is 0 Å². The highest BCUT2D eigenvalue weighted by Crippen LogP contribution is 2.30. The molecule has 0 aliphatic carbocycles. The summed E-state index contributed by atoms with van der Waals surface area (Å²) >= 11 is 11.8. The molecule has 0 saturated heterocycles. The number of hydrogen-bond acceptors (Lipinski definition) is 2. The molecule has 7 heteroatoms. The van der Waals surface area contributed by atoms with E-state index in [1.807, 2.05) is 0 Å². The summed E-state index contributed by atoms with van der Waals surface area (Å²) in [7, 11) is 0. The van der Waals surface area contributed by atoms with Crippen molar-refractivity contribution in [1.29, 1.82) is 0 Å². The van der Waals surface area contributed by atoms with Crippen molar-refractivity contribution >= 4 is 40.5 Å². The summed E-state index contributed by atoms with van der Waals surface area (Å²) in [6, 6.07) is 6.07. The van der Waals surface area contributed by atoms with Gasteiger partial charge < -0.3 is 11.1 Å². The fourth-order valence-corrected chi connectivity index (χ4v) is 2.03. The van der Waals surface area contributed by atoms with E-state index in [9.17, 15) is 13.6 Å². The minimum atomic E-state index is -1.03. The third-order valence-corrected chi connectivity index (χ3v) is 3.16. The molecule has 0 aromatic heterocycles. The summed E-state index contributed by atoms with van der Waals surface area (Å²) < 4.78 is 26.6. The topological polar surface area (TPSA) is 55.1 Å². The van der Waals surface area contributed by atoms with Gasteiger partial charge in [-0.15, -0.1) is 0 Å². The third-order valence-electron chi connectivity index (χ3n) is 2.53. The average Bonchev–Trinajstić information content (AvgIpc) is 2.38. The Hall–Kier alpha value is -1.85. The van der Waals surface area contributed by atoms with Crippen molar-refractivity contribution in [1.82, 2.24) is 0 Å². The highest BCUT2D eigenvalue weighted by molar-refractivity contribution is 6.40. The number of nitrogens with two attached hydrogens (primary N) is 1. The van der Waals surface area contributed by atoms with Crippen LogP contribution in [-0.2, 0) is 0 Å². The lowest BCUT2D eigenvalue weighted by Gasteiger charge is -2.10. The fraction of sp³-hybridized carbons (Fsp3) is 0. The monoisotopic (exact) mass is 316 g/mol. The molecule has 0 aliphatic rings. The van der Waals surface area contributed by atoms with Gasteiger partial charge in [-0.3, -0.25) is 4.79 Å². The minimum absolute atomic E-state index is 0.142. The van der Waals surface area contributed by atoms with Crippen molar-refractivity contribution in [3.05, 3.63) is 57.6 Å². The Labute approximate surface area is 123 Å². The van der Waals surface area contributed by atoms with E-state index in [1.54, 1.807) is 6.07 Å². The van der Waals surface area contributed by atoms with Crippen molar-refractivity contribution in [2.75, 3.05) is 11.1 Å². The SMILES string of the molecule is Nc1cc(C(=O)Nc2c(Cl)cccc2Cl)c(F)cc1F. The third kappa shape index (κ3) is 2.84. The molecule has 0 radical (unpaired) electrons. The van der Waals surface area contributed by atoms with Gasteiger partial charge in [0.25, 0.3) is 5.91 Å². The molecule has 0 atom stereocenters. The lowest BCUT2D eigenvalue weighted by atomic mass is 10.1. The number of anilines is 2. The molecule has 2 aromatic rings. The van der Waals surface area contributed by atoms with Crippen molar-refractivity contribution in [2.45, 2.75) is 0 Å². The van der Waals surface area contributed by atoms with E-state index in [4.69, 9.17) is 28.9 Å². The standard InChI is InChI=1S/C13H8Cl2F2N2O/c14-7-2-1-3-8(15)12(7)19-13(20)6-4-11(18)10(17)5-9(6)16/h1-5H,18H2,(H,19,20). The molecule has 0 heterocycles. The van der Waals surface area contributed by atoms with E-state index in [0.29, 0.717) is 6.07 Å². The van der Waals surface area contributed by atoms with Crippen LogP contribution >= 0.6 is 23.2 Å². The second-order valence-electron chi connectivity index (χ2n) is 3.90. The van der Waals surface area contributed by atoms with Crippen LogP contribution in [0.2, 0.25) is 10.0 Å². The Kier molecular flexibility index (Phi) is 4.11. The summed E-state index contributed by atoms with van der Waals surface area (Å²) in [5.74, 6) is -2.79. The van der Waals surface area contributed by atoms with Crippen molar-refractivity contribution < 1.29 is 13.6 Å². The summed E-state index contributed by atoms with van der Waals surface area (Å²) in [6.45, 7) is 0. The summed E-state index contributed by atoms with van der Waals surface area (Å²) in [4.78, 5) is 12.0. The fourth-order valence-electron chi connectivity index (χ4n) is 1.54. The number of carbonyl (C=O) groups is 1. The van der Waals surface area contributed by atoms with Crippen LogP contribution in [0.25, 0.3) is 0 Å². The van der Waals surface area contributed by atoms with E-state index in [-0.39, 0.29) is 21.4 Å². The van der Waals surface area contributed by atoms with Gasteiger partial charge in [0.1, 0.15) is 11.6 Å². The molecule has 2 aromatic carbocycles. The predicted octanol–water partition coefficient (Wildman–Crippen LogP) is 4.11. The Balaban J connectivity index is 2.36. The Morgan fingerprint density at radius 2 is 1.70 bits per heavy atom. The Bertz CT molecular complexity index is 672. The molecule has 0 unspecified atom stereocenters. The first-order valence-corrected chi connectivity index (χ1v) is 6.15. The number of halogens is 4. The highest BCUT2D eigenvalue weighted by Gasteiger charge is 2.17. The van der Waals surface area contributed by atoms with Gasteiger partial charge in [-0.1, -0.05) is 29.3 Å². The first-order chi connectivity index (χ1) is 9.40. The van der Waals surface area contributed by atoms with E-state index < -0.39 is 23.1 Å². The number of hydrogen-bond donors (Lipinski definition) is 2. The van der Waals surface area contributed by atoms with Crippen molar-refractivity contribution in [3.8, 4) is 0 Å². The molecule has 0 fully saturated rings. The Morgan fingerprint density at radius 1 is 1.10 bits per heavy atom. The molecular formula is C13H8Cl2F2N2O. The van der Waals surface area contributed by atoms with Crippen LogP contribution in [0.5, 0.6) is 0 Å². The second kappa shape index (κ2) is 5.64. The zero-order valence-corrected chi connectivity index (χ0v) is 11.4. The molecular weight excluding hydrogens is 309 g/mol. The highest BCUT2D eigenvalue weighted by atomic mass is 35.5. The van der Waals surface area contributed by atoms with Gasteiger partial charge in [0.2, 0.25) is 0 Å². The molecule has 3 nitrogen and oxygen atoms in total. The molecule has 1 amide bonds. The number of rotatable bonds is 2.